The van der Waals surface area contributed by atoms with E-state index in [9.17, 15) is 14.4 Å². The van der Waals surface area contributed by atoms with Gasteiger partial charge in [0.15, 0.2) is 6.39 Å². The molecule has 1 atom stereocenters. The third-order valence-electron chi connectivity index (χ3n) is 2.69. The average Bonchev–Trinajstić information content (AvgIpc) is 2.80. The number of carbonyl (C=O) groups is 3. The fraction of sp³-hybridized carbons (Fsp3) is 0.455. The van der Waals surface area contributed by atoms with E-state index in [0.717, 1.165) is 0 Å². The van der Waals surface area contributed by atoms with Crippen LogP contribution in [0.5, 0.6) is 5.95 Å². The van der Waals surface area contributed by atoms with Gasteiger partial charge in [-0.2, -0.15) is 0 Å². The van der Waals surface area contributed by atoms with Crippen molar-refractivity contribution < 1.29 is 23.5 Å². The standard InChI is InChI=1S/C11H13N3O5/c1-18-11-7(12-5-19-11)4-9(16)13-6-2-3-8(15)14-10(6)17/h5-6H,2-4H2,1H3,(H,13,16)(H,14,15,17). The van der Waals surface area contributed by atoms with Crippen LogP contribution in [0.25, 0.3) is 0 Å². The Kier molecular flexibility index (Phi) is 3.79. The van der Waals surface area contributed by atoms with E-state index in [2.05, 4.69) is 15.6 Å². The topological polar surface area (TPSA) is 111 Å². The zero-order valence-corrected chi connectivity index (χ0v) is 10.3. The Morgan fingerprint density at radius 3 is 3.11 bits per heavy atom. The second-order valence-corrected chi connectivity index (χ2v) is 4.04. The Morgan fingerprint density at radius 1 is 1.63 bits per heavy atom. The lowest BCUT2D eigenvalue weighted by molar-refractivity contribution is -0.137. The number of amides is 3. The molecule has 1 fully saturated rings. The van der Waals surface area contributed by atoms with Gasteiger partial charge in [-0.05, 0) is 6.42 Å². The van der Waals surface area contributed by atoms with Gasteiger partial charge in [0.1, 0.15) is 11.7 Å². The maximum Gasteiger partial charge on any atom is 0.308 e. The summed E-state index contributed by atoms with van der Waals surface area (Å²) in [5.41, 5.74) is 0.354. The van der Waals surface area contributed by atoms with E-state index in [-0.39, 0.29) is 30.6 Å². The highest BCUT2D eigenvalue weighted by atomic mass is 16.6. The summed E-state index contributed by atoms with van der Waals surface area (Å²) < 4.78 is 9.78. The van der Waals surface area contributed by atoms with Crippen LogP contribution in [0.15, 0.2) is 10.8 Å². The molecular formula is C11H13N3O5. The number of piperidine rings is 1. The van der Waals surface area contributed by atoms with Crippen LogP contribution < -0.4 is 15.4 Å². The van der Waals surface area contributed by atoms with Gasteiger partial charge in [-0.25, -0.2) is 4.98 Å². The van der Waals surface area contributed by atoms with Crippen LogP contribution in [0, 0.1) is 0 Å². The SMILES string of the molecule is COc1ocnc1CC(=O)NC1CCC(=O)NC1=O. The normalized spacial score (nSPS) is 18.9. The molecular weight excluding hydrogens is 254 g/mol. The molecule has 1 aliphatic rings. The number of aromatic nitrogens is 1. The van der Waals surface area contributed by atoms with Crippen LogP contribution in [0.2, 0.25) is 0 Å². The van der Waals surface area contributed by atoms with Crippen molar-refractivity contribution in [3.63, 3.8) is 0 Å². The minimum Gasteiger partial charge on any atom is -0.467 e. The first-order valence-electron chi connectivity index (χ1n) is 5.69. The quantitative estimate of drug-likeness (QED) is 0.687. The Labute approximate surface area is 108 Å². The molecule has 0 saturated carbocycles. The van der Waals surface area contributed by atoms with Crippen LogP contribution in [0.3, 0.4) is 0 Å². The Hall–Kier alpha value is -2.38. The summed E-state index contributed by atoms with van der Waals surface area (Å²) in [5.74, 6) is -1.04. The number of hydrogen-bond donors (Lipinski definition) is 2. The molecule has 0 spiro atoms. The summed E-state index contributed by atoms with van der Waals surface area (Å²) in [5, 5.41) is 4.70. The predicted molar refractivity (Wildman–Crippen MR) is 61.1 cm³/mol. The number of imide groups is 1. The molecule has 19 heavy (non-hydrogen) atoms. The molecule has 1 aliphatic heterocycles. The second kappa shape index (κ2) is 5.51. The Morgan fingerprint density at radius 2 is 2.42 bits per heavy atom. The summed E-state index contributed by atoms with van der Waals surface area (Å²) in [6.07, 6.45) is 1.63. The molecule has 8 nitrogen and oxygen atoms in total. The lowest BCUT2D eigenvalue weighted by Crippen LogP contribution is -2.52. The van der Waals surface area contributed by atoms with Crippen molar-refractivity contribution in [1.82, 2.24) is 15.6 Å². The highest BCUT2D eigenvalue weighted by Crippen LogP contribution is 2.16. The van der Waals surface area contributed by atoms with Gasteiger partial charge in [0.05, 0.1) is 13.5 Å². The Bertz CT molecular complexity index is 510. The van der Waals surface area contributed by atoms with Gasteiger partial charge in [0.25, 0.3) is 0 Å². The van der Waals surface area contributed by atoms with Crippen LogP contribution in [0.1, 0.15) is 18.5 Å². The van der Waals surface area contributed by atoms with E-state index >= 15 is 0 Å². The molecule has 0 radical (unpaired) electrons. The van der Waals surface area contributed by atoms with Gasteiger partial charge in [-0.1, -0.05) is 0 Å². The molecule has 2 N–H and O–H groups in total. The maximum absolute atomic E-state index is 11.8. The molecule has 1 saturated heterocycles. The molecule has 8 heteroatoms. The van der Waals surface area contributed by atoms with Crippen molar-refractivity contribution in [2.75, 3.05) is 7.11 Å². The summed E-state index contributed by atoms with van der Waals surface area (Å²) in [4.78, 5) is 38.0. The largest absolute Gasteiger partial charge is 0.467 e. The van der Waals surface area contributed by atoms with E-state index in [1.165, 1.54) is 13.5 Å². The molecule has 1 aromatic heterocycles. The van der Waals surface area contributed by atoms with Gasteiger partial charge in [-0.15, -0.1) is 0 Å². The van der Waals surface area contributed by atoms with E-state index in [1.807, 2.05) is 0 Å². The maximum atomic E-state index is 11.8. The highest BCUT2D eigenvalue weighted by Gasteiger charge is 2.28. The van der Waals surface area contributed by atoms with Crippen LogP contribution in [0.4, 0.5) is 0 Å². The van der Waals surface area contributed by atoms with Gasteiger partial charge in [-0.3, -0.25) is 19.7 Å². The molecule has 1 unspecified atom stereocenters. The number of nitrogens with one attached hydrogen (secondary N) is 2. The third kappa shape index (κ3) is 3.09. The summed E-state index contributed by atoms with van der Waals surface area (Å²) in [6, 6.07) is -0.692. The molecule has 2 heterocycles. The summed E-state index contributed by atoms with van der Waals surface area (Å²) >= 11 is 0. The van der Waals surface area contributed by atoms with Crippen molar-refractivity contribution in [2.45, 2.75) is 25.3 Å². The fourth-order valence-electron chi connectivity index (χ4n) is 1.77. The van der Waals surface area contributed by atoms with Crippen LogP contribution in [-0.4, -0.2) is 35.9 Å². The number of rotatable bonds is 4. The van der Waals surface area contributed by atoms with Crippen molar-refractivity contribution in [3.8, 4) is 5.95 Å². The van der Waals surface area contributed by atoms with E-state index in [4.69, 9.17) is 9.15 Å². The van der Waals surface area contributed by atoms with Gasteiger partial charge < -0.3 is 14.5 Å². The second-order valence-electron chi connectivity index (χ2n) is 4.04. The van der Waals surface area contributed by atoms with E-state index in [0.29, 0.717) is 12.1 Å². The lowest BCUT2D eigenvalue weighted by atomic mass is 10.1. The monoisotopic (exact) mass is 267 g/mol. The lowest BCUT2D eigenvalue weighted by Gasteiger charge is -2.21. The number of methoxy groups -OCH3 is 1. The third-order valence-corrected chi connectivity index (χ3v) is 2.69. The van der Waals surface area contributed by atoms with Gasteiger partial charge >= 0.3 is 5.95 Å². The first-order chi connectivity index (χ1) is 9.10. The highest BCUT2D eigenvalue weighted by molar-refractivity contribution is 6.01. The number of carbonyl (C=O) groups excluding carboxylic acids is 3. The molecule has 0 aliphatic carbocycles. The van der Waals surface area contributed by atoms with Crippen LogP contribution in [-0.2, 0) is 20.8 Å². The average molecular weight is 267 g/mol. The minimum absolute atomic E-state index is 0.0581. The summed E-state index contributed by atoms with van der Waals surface area (Å²) in [6.45, 7) is 0. The molecule has 2 rings (SSSR count). The zero-order valence-electron chi connectivity index (χ0n) is 10.3. The number of oxazole rings is 1. The van der Waals surface area contributed by atoms with Crippen molar-refractivity contribution >= 4 is 17.7 Å². The van der Waals surface area contributed by atoms with E-state index < -0.39 is 11.9 Å². The molecule has 1 aromatic rings. The zero-order chi connectivity index (χ0) is 13.8. The number of hydrogen-bond acceptors (Lipinski definition) is 6. The first-order valence-corrected chi connectivity index (χ1v) is 5.69. The summed E-state index contributed by atoms with van der Waals surface area (Å²) in [7, 11) is 1.40. The smallest absolute Gasteiger partial charge is 0.308 e. The van der Waals surface area contributed by atoms with Crippen molar-refractivity contribution in [3.05, 3.63) is 12.1 Å². The van der Waals surface area contributed by atoms with Gasteiger partial charge in [0.2, 0.25) is 17.7 Å². The number of ether oxygens (including phenoxy) is 1. The molecule has 0 bridgehead atoms. The first kappa shape index (κ1) is 13.1. The number of nitrogens with zero attached hydrogens (tertiary/aromatic N) is 1. The van der Waals surface area contributed by atoms with Crippen molar-refractivity contribution in [1.29, 1.82) is 0 Å². The van der Waals surface area contributed by atoms with Gasteiger partial charge in [0, 0.05) is 6.42 Å². The molecule has 102 valence electrons. The predicted octanol–water partition coefficient (Wildman–Crippen LogP) is -0.853. The molecule has 3 amide bonds. The minimum atomic E-state index is -0.692. The van der Waals surface area contributed by atoms with E-state index in [1.54, 1.807) is 0 Å². The fourth-order valence-corrected chi connectivity index (χ4v) is 1.77. The molecule has 0 aromatic carbocycles. The van der Waals surface area contributed by atoms with Crippen molar-refractivity contribution in [2.24, 2.45) is 0 Å². The van der Waals surface area contributed by atoms with Crippen LogP contribution >= 0.6 is 0 Å². The Balaban J connectivity index is 1.91.